The Kier molecular flexibility index (Phi) is 4.66. The van der Waals surface area contributed by atoms with Gasteiger partial charge in [0.2, 0.25) is 0 Å². The Morgan fingerprint density at radius 1 is 1.38 bits per heavy atom. The molecule has 13 heavy (non-hydrogen) atoms. The molecule has 0 rings (SSSR count). The molecule has 0 spiro atoms. The Bertz CT molecular complexity index is 253. The molecule has 0 aliphatic carbocycles. The predicted octanol–water partition coefficient (Wildman–Crippen LogP) is 1.59. The van der Waals surface area contributed by atoms with E-state index in [9.17, 15) is 13.5 Å². The molecule has 2 atom stereocenters. The second-order valence-corrected chi connectivity index (χ2v) is 8.71. The molecule has 0 aromatic heterocycles. The first kappa shape index (κ1) is 13.6. The van der Waals surface area contributed by atoms with Crippen molar-refractivity contribution < 1.29 is 13.5 Å². The van der Waals surface area contributed by atoms with Crippen LogP contribution in [-0.2, 0) is 9.84 Å². The van der Waals surface area contributed by atoms with E-state index in [1.54, 1.807) is 29.5 Å². The summed E-state index contributed by atoms with van der Waals surface area (Å²) in [4.78, 5) is 0. The maximum absolute atomic E-state index is 11.4. The van der Waals surface area contributed by atoms with Crippen molar-refractivity contribution in [3.8, 4) is 0 Å². The number of hydrogen-bond acceptors (Lipinski definition) is 3. The Morgan fingerprint density at radius 2 is 1.77 bits per heavy atom. The molecule has 0 aliphatic rings. The minimum absolute atomic E-state index is 0.0771. The lowest BCUT2D eigenvalue weighted by molar-refractivity contribution is 0.0789. The van der Waals surface area contributed by atoms with E-state index >= 15 is 0 Å². The van der Waals surface area contributed by atoms with Crippen molar-refractivity contribution in [1.29, 1.82) is 0 Å². The number of rotatable bonds is 3. The molecular formula is C8H17IO3S. The molecule has 1 N–H and O–H groups in total. The first-order valence-corrected chi connectivity index (χ1v) is 7.12. The van der Waals surface area contributed by atoms with Gasteiger partial charge >= 0.3 is 0 Å². The van der Waals surface area contributed by atoms with Crippen LogP contribution in [0.25, 0.3) is 0 Å². The van der Waals surface area contributed by atoms with E-state index < -0.39 is 24.6 Å². The van der Waals surface area contributed by atoms with E-state index in [-0.39, 0.29) is 5.75 Å². The topological polar surface area (TPSA) is 54.4 Å². The third-order valence-electron chi connectivity index (χ3n) is 1.88. The summed E-state index contributed by atoms with van der Waals surface area (Å²) in [6.07, 6.45) is -0.821. The fourth-order valence-electron chi connectivity index (χ4n) is 0.749. The van der Waals surface area contributed by atoms with Crippen LogP contribution in [0.5, 0.6) is 0 Å². The van der Waals surface area contributed by atoms with Gasteiger partial charge in [-0.2, -0.15) is 0 Å². The van der Waals surface area contributed by atoms with Crippen LogP contribution in [0.3, 0.4) is 0 Å². The van der Waals surface area contributed by atoms with Gasteiger partial charge in [0, 0.05) is 5.75 Å². The molecule has 0 saturated carbocycles. The number of aliphatic hydroxyl groups excluding tert-OH is 1. The molecule has 0 bridgehead atoms. The van der Waals surface area contributed by atoms with Crippen LogP contribution in [-0.4, -0.2) is 28.6 Å². The van der Waals surface area contributed by atoms with Gasteiger partial charge in [-0.3, -0.25) is 0 Å². The molecule has 0 unspecified atom stereocenters. The zero-order valence-corrected chi connectivity index (χ0v) is 11.4. The van der Waals surface area contributed by atoms with Crippen molar-refractivity contribution in [2.45, 2.75) is 37.1 Å². The zero-order valence-electron chi connectivity index (χ0n) is 8.41. The summed E-state index contributed by atoms with van der Waals surface area (Å²) in [6, 6.07) is 0. The van der Waals surface area contributed by atoms with E-state index in [0.717, 1.165) is 0 Å². The molecule has 0 amide bonds. The first-order valence-electron chi connectivity index (χ1n) is 4.16. The average molecular weight is 320 g/mol. The van der Waals surface area contributed by atoms with Crippen molar-refractivity contribution >= 4 is 32.4 Å². The van der Waals surface area contributed by atoms with Crippen LogP contribution >= 0.6 is 22.6 Å². The van der Waals surface area contributed by atoms with E-state index in [0.29, 0.717) is 0 Å². The summed E-state index contributed by atoms with van der Waals surface area (Å²) in [6.45, 7) is 7.08. The normalized spacial score (nSPS) is 18.3. The third-order valence-corrected chi connectivity index (χ3v) is 6.64. The maximum Gasteiger partial charge on any atom is 0.164 e. The maximum atomic E-state index is 11.4. The number of sulfone groups is 1. The first-order chi connectivity index (χ1) is 5.63. The van der Waals surface area contributed by atoms with E-state index in [1.165, 1.54) is 0 Å². The number of alkyl halides is 1. The standard InChI is InChI=1S/C8H17IO3S/c1-5-13(11,12)7(9)6(10)8(2,3)4/h6-7,10H,5H2,1-4H3/t6-,7-/m0/s1. The van der Waals surface area contributed by atoms with Crippen LogP contribution in [0.1, 0.15) is 27.7 Å². The Balaban J connectivity index is 4.73. The Morgan fingerprint density at radius 3 is 2.00 bits per heavy atom. The molecule has 0 radical (unpaired) electrons. The van der Waals surface area contributed by atoms with Gasteiger partial charge in [-0.05, 0) is 5.41 Å². The summed E-state index contributed by atoms with van der Waals surface area (Å²) in [5, 5.41) is 9.73. The summed E-state index contributed by atoms with van der Waals surface area (Å²) >= 11 is 1.80. The van der Waals surface area contributed by atoms with Crippen LogP contribution < -0.4 is 0 Å². The van der Waals surface area contributed by atoms with Gasteiger partial charge in [0.15, 0.2) is 9.84 Å². The van der Waals surface area contributed by atoms with Gasteiger partial charge in [0.25, 0.3) is 0 Å². The molecule has 0 aromatic rings. The summed E-state index contributed by atoms with van der Waals surface area (Å²) in [5.41, 5.74) is -0.395. The van der Waals surface area contributed by atoms with Crippen LogP contribution in [0.2, 0.25) is 0 Å². The van der Waals surface area contributed by atoms with Crippen molar-refractivity contribution in [3.05, 3.63) is 0 Å². The van der Waals surface area contributed by atoms with E-state index in [4.69, 9.17) is 0 Å². The molecule has 3 nitrogen and oxygen atoms in total. The van der Waals surface area contributed by atoms with Gasteiger partial charge in [-0.1, -0.05) is 50.3 Å². The fraction of sp³-hybridized carbons (Fsp3) is 1.00. The molecule has 0 heterocycles. The smallest absolute Gasteiger partial charge is 0.164 e. The SMILES string of the molecule is CCS(=O)(=O)[C@H](I)[C@H](O)C(C)(C)C. The molecule has 0 saturated heterocycles. The van der Waals surface area contributed by atoms with Crippen LogP contribution in [0.4, 0.5) is 0 Å². The fourth-order valence-corrected chi connectivity index (χ4v) is 4.03. The molecule has 0 fully saturated rings. The highest BCUT2D eigenvalue weighted by molar-refractivity contribution is 14.1. The molecular weight excluding hydrogens is 303 g/mol. The van der Waals surface area contributed by atoms with Gasteiger partial charge in [0.05, 0.1) is 6.10 Å². The Labute approximate surface area is 94.0 Å². The van der Waals surface area contributed by atoms with Gasteiger partial charge in [0.1, 0.15) is 3.26 Å². The van der Waals surface area contributed by atoms with E-state index in [1.807, 2.05) is 20.8 Å². The van der Waals surface area contributed by atoms with Crippen LogP contribution in [0, 0.1) is 5.41 Å². The van der Waals surface area contributed by atoms with Gasteiger partial charge in [-0.15, -0.1) is 0 Å². The second-order valence-electron chi connectivity index (χ2n) is 4.11. The highest BCUT2D eigenvalue weighted by Gasteiger charge is 2.35. The van der Waals surface area contributed by atoms with Crippen molar-refractivity contribution in [2.24, 2.45) is 5.41 Å². The minimum Gasteiger partial charge on any atom is -0.390 e. The highest BCUT2D eigenvalue weighted by Crippen LogP contribution is 2.29. The number of aliphatic hydroxyl groups is 1. The average Bonchev–Trinajstić information content (AvgIpc) is 2.00. The zero-order chi connectivity index (χ0) is 10.9. The van der Waals surface area contributed by atoms with Crippen LogP contribution in [0.15, 0.2) is 0 Å². The largest absolute Gasteiger partial charge is 0.390 e. The Hall–Kier alpha value is 0.640. The molecule has 5 heteroatoms. The molecule has 0 aliphatic heterocycles. The minimum atomic E-state index is -3.14. The summed E-state index contributed by atoms with van der Waals surface area (Å²) in [5.74, 6) is 0.0771. The molecule has 80 valence electrons. The molecule has 0 aromatic carbocycles. The predicted molar refractivity (Wildman–Crippen MR) is 62.7 cm³/mol. The third kappa shape index (κ3) is 3.71. The lowest BCUT2D eigenvalue weighted by atomic mass is 9.90. The van der Waals surface area contributed by atoms with Crippen molar-refractivity contribution in [3.63, 3.8) is 0 Å². The number of hydrogen-bond donors (Lipinski definition) is 1. The lowest BCUT2D eigenvalue weighted by Gasteiger charge is -2.29. The quantitative estimate of drug-likeness (QED) is 0.635. The number of halogens is 1. The van der Waals surface area contributed by atoms with Gasteiger partial charge < -0.3 is 5.11 Å². The highest BCUT2D eigenvalue weighted by atomic mass is 127. The van der Waals surface area contributed by atoms with Crippen molar-refractivity contribution in [2.75, 3.05) is 5.75 Å². The van der Waals surface area contributed by atoms with E-state index in [2.05, 4.69) is 0 Å². The summed E-state index contributed by atoms with van der Waals surface area (Å²) in [7, 11) is -3.14. The lowest BCUT2D eigenvalue weighted by Crippen LogP contribution is -2.39. The second kappa shape index (κ2) is 4.44. The summed E-state index contributed by atoms with van der Waals surface area (Å²) < 4.78 is 22.1. The van der Waals surface area contributed by atoms with Crippen molar-refractivity contribution in [1.82, 2.24) is 0 Å². The monoisotopic (exact) mass is 320 g/mol. The van der Waals surface area contributed by atoms with Gasteiger partial charge in [-0.25, -0.2) is 8.42 Å².